The summed E-state index contributed by atoms with van der Waals surface area (Å²) in [6.07, 6.45) is 0.00470. The van der Waals surface area contributed by atoms with Gasteiger partial charge in [-0.3, -0.25) is 9.59 Å². The lowest BCUT2D eigenvalue weighted by atomic mass is 10.2. The zero-order valence-corrected chi connectivity index (χ0v) is 13.2. The molecule has 6 nitrogen and oxygen atoms in total. The van der Waals surface area contributed by atoms with Gasteiger partial charge in [-0.1, -0.05) is 23.7 Å². The highest BCUT2D eigenvalue weighted by molar-refractivity contribution is 6.36. The molecule has 1 fully saturated rings. The highest BCUT2D eigenvalue weighted by Gasteiger charge is 2.40. The van der Waals surface area contributed by atoms with Crippen molar-refractivity contribution in [3.05, 3.63) is 59.1 Å². The summed E-state index contributed by atoms with van der Waals surface area (Å²) in [4.78, 5) is 36.7. The number of aromatic carboxylic acids is 1. The van der Waals surface area contributed by atoms with Crippen LogP contribution in [0.25, 0.3) is 0 Å². The van der Waals surface area contributed by atoms with E-state index in [4.69, 9.17) is 16.7 Å². The van der Waals surface area contributed by atoms with Gasteiger partial charge in [-0.2, -0.15) is 0 Å². The predicted octanol–water partition coefficient (Wildman–Crippen LogP) is 2.78. The van der Waals surface area contributed by atoms with Crippen molar-refractivity contribution in [1.29, 1.82) is 0 Å². The molecule has 1 aliphatic heterocycles. The summed E-state index contributed by atoms with van der Waals surface area (Å²) < 4.78 is 0. The van der Waals surface area contributed by atoms with Crippen LogP contribution in [0.1, 0.15) is 16.8 Å². The number of amides is 2. The van der Waals surface area contributed by atoms with E-state index < -0.39 is 17.9 Å². The summed E-state index contributed by atoms with van der Waals surface area (Å²) in [5.41, 5.74) is 1.07. The third-order valence-corrected chi connectivity index (χ3v) is 4.03. The van der Waals surface area contributed by atoms with E-state index in [9.17, 15) is 14.4 Å². The van der Waals surface area contributed by atoms with E-state index in [0.717, 1.165) is 4.90 Å². The number of rotatable bonds is 4. The Kier molecular flexibility index (Phi) is 4.22. The Morgan fingerprint density at radius 1 is 1.12 bits per heavy atom. The Morgan fingerprint density at radius 3 is 2.42 bits per heavy atom. The summed E-state index contributed by atoms with van der Waals surface area (Å²) >= 11 is 6.07. The number of carboxylic acid groups (broad SMARTS) is 1. The Hall–Kier alpha value is -2.86. The smallest absolute Gasteiger partial charge is 0.335 e. The fourth-order valence-corrected chi connectivity index (χ4v) is 2.76. The number of nitrogens with zero attached hydrogens (tertiary/aromatic N) is 1. The molecule has 122 valence electrons. The van der Waals surface area contributed by atoms with Crippen molar-refractivity contribution >= 4 is 40.8 Å². The van der Waals surface area contributed by atoms with Gasteiger partial charge in [-0.15, -0.1) is 0 Å². The lowest BCUT2D eigenvalue weighted by Crippen LogP contribution is -2.35. The number of halogens is 1. The maximum absolute atomic E-state index is 12.5. The van der Waals surface area contributed by atoms with Gasteiger partial charge in [0, 0.05) is 5.69 Å². The number of benzene rings is 2. The number of imide groups is 1. The number of anilines is 2. The molecule has 0 aliphatic carbocycles. The Balaban J connectivity index is 1.79. The molecular formula is C17H13ClN2O4. The van der Waals surface area contributed by atoms with Crippen LogP contribution in [0.2, 0.25) is 5.02 Å². The lowest BCUT2D eigenvalue weighted by molar-refractivity contribution is -0.121. The van der Waals surface area contributed by atoms with Crippen LogP contribution < -0.4 is 10.2 Å². The molecule has 1 atom stereocenters. The first-order valence-corrected chi connectivity index (χ1v) is 7.56. The van der Waals surface area contributed by atoms with Crippen molar-refractivity contribution in [1.82, 2.24) is 0 Å². The molecule has 7 heteroatoms. The molecule has 0 spiro atoms. The Labute approximate surface area is 142 Å². The third kappa shape index (κ3) is 2.96. The number of carbonyl (C=O) groups is 3. The summed E-state index contributed by atoms with van der Waals surface area (Å²) in [5, 5.41) is 12.2. The van der Waals surface area contributed by atoms with Crippen LogP contribution >= 0.6 is 11.6 Å². The fourth-order valence-electron chi connectivity index (χ4n) is 2.54. The molecule has 1 unspecified atom stereocenters. The van der Waals surface area contributed by atoms with E-state index in [-0.39, 0.29) is 17.9 Å². The van der Waals surface area contributed by atoms with Gasteiger partial charge in [-0.05, 0) is 36.4 Å². The summed E-state index contributed by atoms with van der Waals surface area (Å²) in [7, 11) is 0. The molecule has 1 heterocycles. The average Bonchev–Trinajstić information content (AvgIpc) is 2.83. The van der Waals surface area contributed by atoms with Crippen molar-refractivity contribution in [3.8, 4) is 0 Å². The molecule has 0 saturated carbocycles. The number of hydrogen-bond donors (Lipinski definition) is 2. The Morgan fingerprint density at radius 2 is 1.79 bits per heavy atom. The van der Waals surface area contributed by atoms with Crippen molar-refractivity contribution in [2.45, 2.75) is 12.5 Å². The molecule has 1 aliphatic rings. The molecule has 24 heavy (non-hydrogen) atoms. The molecule has 2 N–H and O–H groups in total. The van der Waals surface area contributed by atoms with Gasteiger partial charge in [0.15, 0.2) is 0 Å². The van der Waals surface area contributed by atoms with Crippen molar-refractivity contribution in [2.24, 2.45) is 0 Å². The van der Waals surface area contributed by atoms with Gasteiger partial charge in [0.05, 0.1) is 22.7 Å². The van der Waals surface area contributed by atoms with E-state index in [1.54, 1.807) is 36.4 Å². The van der Waals surface area contributed by atoms with E-state index >= 15 is 0 Å². The summed E-state index contributed by atoms with van der Waals surface area (Å²) in [6.45, 7) is 0. The molecule has 0 aromatic heterocycles. The minimum Gasteiger partial charge on any atom is -0.478 e. The average molecular weight is 345 g/mol. The second-order valence-electron chi connectivity index (χ2n) is 5.30. The summed E-state index contributed by atoms with van der Waals surface area (Å²) in [6, 6.07) is 11.9. The zero-order chi connectivity index (χ0) is 17.3. The normalized spacial score (nSPS) is 17.2. The van der Waals surface area contributed by atoms with E-state index in [1.165, 1.54) is 12.1 Å². The van der Waals surface area contributed by atoms with Gasteiger partial charge in [0.2, 0.25) is 5.91 Å². The van der Waals surface area contributed by atoms with Crippen molar-refractivity contribution < 1.29 is 19.5 Å². The zero-order valence-electron chi connectivity index (χ0n) is 12.4. The Bertz CT molecular complexity index is 820. The van der Waals surface area contributed by atoms with Gasteiger partial charge < -0.3 is 10.4 Å². The minimum atomic E-state index is -1.03. The van der Waals surface area contributed by atoms with Gasteiger partial charge in [0.1, 0.15) is 6.04 Å². The van der Waals surface area contributed by atoms with Crippen molar-refractivity contribution in [2.75, 3.05) is 10.2 Å². The van der Waals surface area contributed by atoms with Crippen LogP contribution in [0.3, 0.4) is 0 Å². The molecule has 0 radical (unpaired) electrons. The third-order valence-electron chi connectivity index (χ3n) is 3.71. The maximum atomic E-state index is 12.5. The largest absolute Gasteiger partial charge is 0.478 e. The van der Waals surface area contributed by atoms with E-state index in [2.05, 4.69) is 5.32 Å². The highest BCUT2D eigenvalue weighted by atomic mass is 35.5. The first kappa shape index (κ1) is 16.0. The van der Waals surface area contributed by atoms with Gasteiger partial charge in [-0.25, -0.2) is 9.69 Å². The van der Waals surface area contributed by atoms with Crippen LogP contribution in [-0.2, 0) is 9.59 Å². The molecule has 2 aromatic carbocycles. The van der Waals surface area contributed by atoms with Gasteiger partial charge in [0.25, 0.3) is 5.91 Å². The van der Waals surface area contributed by atoms with Crippen LogP contribution in [0.5, 0.6) is 0 Å². The van der Waals surface area contributed by atoms with Gasteiger partial charge >= 0.3 is 5.97 Å². The van der Waals surface area contributed by atoms with E-state index in [0.29, 0.717) is 16.4 Å². The maximum Gasteiger partial charge on any atom is 0.335 e. The minimum absolute atomic E-state index is 0.00470. The standard InChI is InChI=1S/C17H13ClN2O4/c18-12-3-1-2-4-14(12)20-15(21)9-13(16(20)22)19-11-7-5-10(6-8-11)17(23)24/h1-8,13,19H,9H2,(H,23,24). The molecule has 2 amide bonds. The second kappa shape index (κ2) is 6.33. The highest BCUT2D eigenvalue weighted by Crippen LogP contribution is 2.30. The molecular weight excluding hydrogens is 332 g/mol. The number of para-hydroxylation sites is 1. The monoisotopic (exact) mass is 344 g/mol. The second-order valence-corrected chi connectivity index (χ2v) is 5.71. The van der Waals surface area contributed by atoms with Crippen LogP contribution in [0.15, 0.2) is 48.5 Å². The molecule has 3 rings (SSSR count). The fraction of sp³-hybridized carbons (Fsp3) is 0.118. The van der Waals surface area contributed by atoms with Crippen LogP contribution in [0.4, 0.5) is 11.4 Å². The van der Waals surface area contributed by atoms with E-state index in [1.807, 2.05) is 0 Å². The number of carbonyl (C=O) groups excluding carboxylic acids is 2. The van der Waals surface area contributed by atoms with Crippen molar-refractivity contribution in [3.63, 3.8) is 0 Å². The van der Waals surface area contributed by atoms with Crippen LogP contribution in [0, 0.1) is 0 Å². The molecule has 0 bridgehead atoms. The topological polar surface area (TPSA) is 86.7 Å². The quantitative estimate of drug-likeness (QED) is 0.833. The number of hydrogen-bond acceptors (Lipinski definition) is 4. The summed E-state index contributed by atoms with van der Waals surface area (Å²) in [5.74, 6) is -1.76. The SMILES string of the molecule is O=C(O)c1ccc(NC2CC(=O)N(c3ccccc3Cl)C2=O)cc1. The first-order valence-electron chi connectivity index (χ1n) is 7.18. The first-order chi connectivity index (χ1) is 11.5. The lowest BCUT2D eigenvalue weighted by Gasteiger charge is -2.17. The predicted molar refractivity (Wildman–Crippen MR) is 89.4 cm³/mol. The molecule has 1 saturated heterocycles. The van der Waals surface area contributed by atoms with Crippen LogP contribution in [-0.4, -0.2) is 28.9 Å². The number of nitrogens with one attached hydrogen (secondary N) is 1. The number of carboxylic acids is 1. The molecule has 2 aromatic rings.